The second kappa shape index (κ2) is 10.2. The van der Waals surface area contributed by atoms with Crippen LogP contribution in [0.25, 0.3) is 6.08 Å². The number of nitrogens with one attached hydrogen (secondary N) is 1. The zero-order valence-electron chi connectivity index (χ0n) is 16.6. The second-order valence-electron chi connectivity index (χ2n) is 6.59. The van der Waals surface area contributed by atoms with Crippen molar-refractivity contribution < 1.29 is 24.2 Å². The highest BCUT2D eigenvalue weighted by Crippen LogP contribution is 2.33. The van der Waals surface area contributed by atoms with E-state index in [9.17, 15) is 19.5 Å². The molecule has 1 aliphatic heterocycles. The third kappa shape index (κ3) is 5.71. The number of thiocarbonyl (C=S) groups is 1. The number of amides is 2. The van der Waals surface area contributed by atoms with Crippen molar-refractivity contribution in [3.63, 3.8) is 0 Å². The topological polar surface area (TPSA) is 98.8 Å². The first-order valence-electron chi connectivity index (χ1n) is 9.38. The van der Waals surface area contributed by atoms with Gasteiger partial charge in [0.15, 0.2) is 0 Å². The number of ether oxygens (including phenoxy) is 1. The Morgan fingerprint density at radius 2 is 1.90 bits per heavy atom. The van der Waals surface area contributed by atoms with Gasteiger partial charge in [-0.05, 0) is 48.0 Å². The lowest BCUT2D eigenvalue weighted by Crippen LogP contribution is -2.29. The highest BCUT2D eigenvalue weighted by Gasteiger charge is 2.31. The minimum absolute atomic E-state index is 0.0866. The van der Waals surface area contributed by atoms with E-state index in [4.69, 9.17) is 17.0 Å². The predicted molar refractivity (Wildman–Crippen MR) is 122 cm³/mol. The fourth-order valence-electron chi connectivity index (χ4n) is 2.92. The number of carbonyl (C=O) groups is 3. The zero-order chi connectivity index (χ0) is 22.4. The molecule has 0 atom stereocenters. The van der Waals surface area contributed by atoms with Gasteiger partial charge >= 0.3 is 0 Å². The van der Waals surface area contributed by atoms with Crippen LogP contribution in [0.4, 0.5) is 10.5 Å². The Labute approximate surface area is 189 Å². The average Bonchev–Trinajstić information content (AvgIpc) is 3.02. The van der Waals surface area contributed by atoms with Crippen molar-refractivity contribution in [2.75, 3.05) is 19.0 Å². The van der Waals surface area contributed by atoms with Crippen LogP contribution in [-0.4, -0.2) is 40.7 Å². The number of benzene rings is 2. The van der Waals surface area contributed by atoms with E-state index in [1.165, 1.54) is 17.0 Å². The summed E-state index contributed by atoms with van der Waals surface area (Å²) in [7, 11) is 1.59. The van der Waals surface area contributed by atoms with Gasteiger partial charge in [0.25, 0.3) is 5.24 Å². The first-order valence-corrected chi connectivity index (χ1v) is 10.6. The van der Waals surface area contributed by atoms with Crippen LogP contribution in [0.15, 0.2) is 53.4 Å². The Balaban J connectivity index is 1.55. The molecular weight excluding hydrogens is 436 g/mol. The molecular formula is C22H19N2O5S2-. The highest BCUT2D eigenvalue weighted by atomic mass is 32.2. The number of carboxylic acid groups (broad SMARTS) is 1. The van der Waals surface area contributed by atoms with Gasteiger partial charge in [0, 0.05) is 24.2 Å². The van der Waals surface area contributed by atoms with E-state index in [-0.39, 0.29) is 28.8 Å². The van der Waals surface area contributed by atoms with Crippen molar-refractivity contribution in [3.8, 4) is 5.75 Å². The van der Waals surface area contributed by atoms with Crippen LogP contribution in [0, 0.1) is 0 Å². The summed E-state index contributed by atoms with van der Waals surface area (Å²) in [5, 5.41) is 13.5. The summed E-state index contributed by atoms with van der Waals surface area (Å²) in [6, 6.07) is 13.4. The molecule has 31 heavy (non-hydrogen) atoms. The van der Waals surface area contributed by atoms with E-state index in [2.05, 4.69) is 5.32 Å². The van der Waals surface area contributed by atoms with Gasteiger partial charge in [0.05, 0.1) is 18.0 Å². The van der Waals surface area contributed by atoms with Gasteiger partial charge in [0.1, 0.15) is 10.7 Å². The van der Waals surface area contributed by atoms with Crippen LogP contribution in [-0.2, 0) is 4.79 Å². The minimum Gasteiger partial charge on any atom is -0.545 e. The summed E-state index contributed by atoms with van der Waals surface area (Å²) in [4.78, 5) is 38.2. The van der Waals surface area contributed by atoms with Gasteiger partial charge in [-0.1, -0.05) is 42.5 Å². The molecule has 0 spiro atoms. The number of carboxylic acids is 1. The first-order chi connectivity index (χ1) is 14.9. The molecule has 0 aromatic heterocycles. The summed E-state index contributed by atoms with van der Waals surface area (Å²) < 4.78 is 5.13. The van der Waals surface area contributed by atoms with Crippen molar-refractivity contribution >= 4 is 57.8 Å². The van der Waals surface area contributed by atoms with E-state index in [0.717, 1.165) is 23.1 Å². The Kier molecular flexibility index (Phi) is 7.43. The number of methoxy groups -OCH3 is 1. The number of nitrogens with zero attached hydrogens (tertiary/aromatic N) is 1. The van der Waals surface area contributed by atoms with Gasteiger partial charge in [-0.25, -0.2) is 0 Å². The van der Waals surface area contributed by atoms with Gasteiger partial charge in [0.2, 0.25) is 5.91 Å². The van der Waals surface area contributed by atoms with Crippen molar-refractivity contribution in [3.05, 3.63) is 64.6 Å². The molecule has 9 heteroatoms. The van der Waals surface area contributed by atoms with E-state index in [1.54, 1.807) is 19.2 Å². The lowest BCUT2D eigenvalue weighted by molar-refractivity contribution is -0.254. The lowest BCUT2D eigenvalue weighted by atomic mass is 10.1. The molecule has 160 valence electrons. The SMILES string of the molecule is COc1ccc(/C=C2/SC(=O)N(CCCC(=O)Nc3ccccc3C(=O)[O-])C2=S)cc1. The number of para-hydroxylation sites is 1. The van der Waals surface area contributed by atoms with Crippen LogP contribution in [0.5, 0.6) is 5.75 Å². The quantitative estimate of drug-likeness (QED) is 0.482. The van der Waals surface area contributed by atoms with Crippen molar-refractivity contribution in [1.29, 1.82) is 0 Å². The third-order valence-electron chi connectivity index (χ3n) is 4.49. The molecule has 1 heterocycles. The number of hydrogen-bond acceptors (Lipinski definition) is 7. The van der Waals surface area contributed by atoms with E-state index >= 15 is 0 Å². The minimum atomic E-state index is -1.36. The molecule has 3 rings (SSSR count). The molecule has 0 aliphatic carbocycles. The number of carbonyl (C=O) groups excluding carboxylic acids is 3. The molecule has 0 saturated carbocycles. The van der Waals surface area contributed by atoms with Crippen LogP contribution in [0.3, 0.4) is 0 Å². The Bertz CT molecular complexity index is 1050. The summed E-state index contributed by atoms with van der Waals surface area (Å²) in [5.74, 6) is -0.980. The maximum Gasteiger partial charge on any atom is 0.291 e. The number of aromatic carboxylic acids is 1. The fraction of sp³-hybridized carbons (Fsp3) is 0.182. The second-order valence-corrected chi connectivity index (χ2v) is 7.97. The van der Waals surface area contributed by atoms with E-state index in [1.807, 2.05) is 30.3 Å². The molecule has 2 aromatic carbocycles. The molecule has 2 amide bonds. The summed E-state index contributed by atoms with van der Waals surface area (Å²) in [6.45, 7) is 0.292. The monoisotopic (exact) mass is 455 g/mol. The highest BCUT2D eigenvalue weighted by molar-refractivity contribution is 8.19. The Morgan fingerprint density at radius 3 is 2.58 bits per heavy atom. The Hall–Kier alpha value is -3.17. The number of rotatable bonds is 8. The van der Waals surface area contributed by atoms with Gasteiger partial charge in [-0.3, -0.25) is 14.5 Å². The van der Waals surface area contributed by atoms with Crippen molar-refractivity contribution in [2.45, 2.75) is 12.8 Å². The Morgan fingerprint density at radius 1 is 1.19 bits per heavy atom. The maximum atomic E-state index is 12.3. The van der Waals surface area contributed by atoms with Gasteiger partial charge in [-0.15, -0.1) is 0 Å². The smallest absolute Gasteiger partial charge is 0.291 e. The van der Waals surface area contributed by atoms with Crippen LogP contribution >= 0.6 is 24.0 Å². The number of hydrogen-bond donors (Lipinski definition) is 1. The third-order valence-corrected chi connectivity index (χ3v) is 5.99. The maximum absolute atomic E-state index is 12.3. The predicted octanol–water partition coefficient (Wildman–Crippen LogP) is 3.31. The molecule has 1 fully saturated rings. The number of anilines is 1. The molecule has 0 unspecified atom stereocenters. The van der Waals surface area contributed by atoms with Crippen LogP contribution in [0.2, 0.25) is 0 Å². The molecule has 1 saturated heterocycles. The molecule has 1 aliphatic rings. The van der Waals surface area contributed by atoms with Crippen LogP contribution in [0.1, 0.15) is 28.8 Å². The van der Waals surface area contributed by atoms with Crippen LogP contribution < -0.4 is 15.2 Å². The molecule has 7 nitrogen and oxygen atoms in total. The largest absolute Gasteiger partial charge is 0.545 e. The molecule has 1 N–H and O–H groups in total. The molecule has 0 bridgehead atoms. The lowest BCUT2D eigenvalue weighted by Gasteiger charge is -2.15. The summed E-state index contributed by atoms with van der Waals surface area (Å²) >= 11 is 6.49. The number of thioether (sulfide) groups is 1. The summed E-state index contributed by atoms with van der Waals surface area (Å²) in [6.07, 6.45) is 2.32. The van der Waals surface area contributed by atoms with Gasteiger partial charge in [-0.2, -0.15) is 0 Å². The molecule has 2 aromatic rings. The zero-order valence-corrected chi connectivity index (χ0v) is 18.3. The normalized spacial score (nSPS) is 14.7. The fourth-order valence-corrected chi connectivity index (χ4v) is 4.21. The van der Waals surface area contributed by atoms with Crippen molar-refractivity contribution in [1.82, 2.24) is 4.90 Å². The van der Waals surface area contributed by atoms with E-state index in [0.29, 0.717) is 22.9 Å². The van der Waals surface area contributed by atoms with Crippen molar-refractivity contribution in [2.24, 2.45) is 0 Å². The van der Waals surface area contributed by atoms with E-state index < -0.39 is 5.97 Å². The van der Waals surface area contributed by atoms with Gasteiger partial charge < -0.3 is 20.0 Å². The standard InChI is InChI=1S/C22H20N2O5S2/c1-29-15-10-8-14(9-11-15)13-18-20(30)24(22(28)31-18)12-4-7-19(25)23-17-6-3-2-5-16(17)21(26)27/h2-3,5-6,8-11,13H,4,7,12H2,1H3,(H,23,25)(H,26,27)/p-1/b18-13+. The summed E-state index contributed by atoms with van der Waals surface area (Å²) in [5.41, 5.74) is 0.989. The average molecular weight is 456 g/mol. The first kappa shape index (κ1) is 22.5. The molecule has 0 radical (unpaired) electrons.